The Labute approximate surface area is 165 Å². The summed E-state index contributed by atoms with van der Waals surface area (Å²) in [6, 6.07) is 11.0. The molecule has 0 unspecified atom stereocenters. The van der Waals surface area contributed by atoms with Crippen LogP contribution in [0.3, 0.4) is 0 Å². The third-order valence-electron chi connectivity index (χ3n) is 4.39. The predicted octanol–water partition coefficient (Wildman–Crippen LogP) is 1.91. The van der Waals surface area contributed by atoms with Gasteiger partial charge in [-0.05, 0) is 19.1 Å². The number of para-hydroxylation sites is 1. The first-order chi connectivity index (χ1) is 13.6. The fourth-order valence-electron chi connectivity index (χ4n) is 2.91. The Morgan fingerprint density at radius 3 is 2.61 bits per heavy atom. The van der Waals surface area contributed by atoms with Gasteiger partial charge in [-0.1, -0.05) is 35.6 Å². The number of thiazole rings is 1. The molecule has 1 aliphatic heterocycles. The van der Waals surface area contributed by atoms with E-state index >= 15 is 0 Å². The monoisotopic (exact) mass is 397 g/mol. The van der Waals surface area contributed by atoms with E-state index in [9.17, 15) is 9.59 Å². The number of carbonyl (C=O) groups is 2. The number of amides is 2. The SMILES string of the molecule is Cc1nc(N2CCOCC2)sc1C(=O)NNC(=O)c1ccc2ccccc2n1. The summed E-state index contributed by atoms with van der Waals surface area (Å²) in [5.74, 6) is -0.877. The zero-order chi connectivity index (χ0) is 19.5. The zero-order valence-electron chi connectivity index (χ0n) is 15.3. The van der Waals surface area contributed by atoms with Gasteiger partial charge in [0, 0.05) is 18.5 Å². The number of nitrogens with one attached hydrogen (secondary N) is 2. The van der Waals surface area contributed by atoms with E-state index in [1.54, 1.807) is 13.0 Å². The Kier molecular flexibility index (Phi) is 5.18. The summed E-state index contributed by atoms with van der Waals surface area (Å²) in [4.78, 5) is 36.2. The summed E-state index contributed by atoms with van der Waals surface area (Å²) in [5.41, 5.74) is 6.45. The summed E-state index contributed by atoms with van der Waals surface area (Å²) in [6.07, 6.45) is 0. The summed E-state index contributed by atoms with van der Waals surface area (Å²) < 4.78 is 5.34. The standard InChI is InChI=1S/C19H19N5O3S/c1-12-16(28-19(20-12)24-8-10-27-11-9-24)18(26)23-22-17(25)15-7-6-13-4-2-3-5-14(13)21-15/h2-7H,8-11H2,1H3,(H,22,25)(H,23,26). The number of benzene rings is 1. The lowest BCUT2D eigenvalue weighted by Crippen LogP contribution is -2.41. The zero-order valence-corrected chi connectivity index (χ0v) is 16.1. The Balaban J connectivity index is 1.42. The summed E-state index contributed by atoms with van der Waals surface area (Å²) in [7, 11) is 0. The van der Waals surface area contributed by atoms with Crippen LogP contribution < -0.4 is 15.8 Å². The second kappa shape index (κ2) is 7.91. The van der Waals surface area contributed by atoms with Crippen LogP contribution in [0, 0.1) is 6.92 Å². The van der Waals surface area contributed by atoms with Crippen LogP contribution >= 0.6 is 11.3 Å². The molecular weight excluding hydrogens is 378 g/mol. The van der Waals surface area contributed by atoms with Gasteiger partial charge in [-0.3, -0.25) is 20.4 Å². The second-order valence-electron chi connectivity index (χ2n) is 6.31. The van der Waals surface area contributed by atoms with Gasteiger partial charge in [0.25, 0.3) is 11.8 Å². The van der Waals surface area contributed by atoms with Crippen LogP contribution in [0.2, 0.25) is 0 Å². The van der Waals surface area contributed by atoms with Crippen molar-refractivity contribution in [3.8, 4) is 0 Å². The molecule has 3 heterocycles. The molecule has 144 valence electrons. The van der Waals surface area contributed by atoms with Crippen LogP contribution in [-0.4, -0.2) is 48.1 Å². The van der Waals surface area contributed by atoms with E-state index in [2.05, 4.69) is 25.7 Å². The van der Waals surface area contributed by atoms with Crippen LogP contribution in [0.1, 0.15) is 25.9 Å². The Morgan fingerprint density at radius 2 is 1.79 bits per heavy atom. The third kappa shape index (κ3) is 3.80. The first-order valence-corrected chi connectivity index (χ1v) is 9.70. The lowest BCUT2D eigenvalue weighted by molar-refractivity contribution is 0.0846. The average molecular weight is 397 g/mol. The van der Waals surface area contributed by atoms with Crippen molar-refractivity contribution in [1.82, 2.24) is 20.8 Å². The number of hydrogen-bond donors (Lipinski definition) is 2. The number of anilines is 1. The highest BCUT2D eigenvalue weighted by molar-refractivity contribution is 7.17. The minimum absolute atomic E-state index is 0.231. The van der Waals surface area contributed by atoms with Gasteiger partial charge in [0.15, 0.2) is 5.13 Å². The van der Waals surface area contributed by atoms with Crippen molar-refractivity contribution < 1.29 is 14.3 Å². The molecule has 1 aliphatic rings. The van der Waals surface area contributed by atoms with Gasteiger partial charge in [0.05, 0.1) is 24.4 Å². The minimum atomic E-state index is -0.477. The summed E-state index contributed by atoms with van der Waals surface area (Å²) in [5, 5.41) is 1.73. The molecule has 4 rings (SSSR count). The highest BCUT2D eigenvalue weighted by Gasteiger charge is 2.21. The fourth-order valence-corrected chi connectivity index (χ4v) is 3.92. The molecule has 3 aromatic rings. The van der Waals surface area contributed by atoms with Crippen LogP contribution in [0.4, 0.5) is 5.13 Å². The van der Waals surface area contributed by atoms with E-state index in [1.165, 1.54) is 11.3 Å². The number of pyridine rings is 1. The smallest absolute Gasteiger partial charge is 0.288 e. The average Bonchev–Trinajstić information content (AvgIpc) is 3.14. The molecule has 0 radical (unpaired) electrons. The van der Waals surface area contributed by atoms with Crippen molar-refractivity contribution in [3.63, 3.8) is 0 Å². The maximum atomic E-state index is 12.5. The maximum Gasteiger partial charge on any atom is 0.288 e. The predicted molar refractivity (Wildman–Crippen MR) is 107 cm³/mol. The number of nitrogens with zero attached hydrogens (tertiary/aromatic N) is 3. The molecule has 1 aromatic carbocycles. The van der Waals surface area contributed by atoms with E-state index < -0.39 is 11.8 Å². The van der Waals surface area contributed by atoms with E-state index in [1.807, 2.05) is 30.3 Å². The van der Waals surface area contributed by atoms with E-state index in [-0.39, 0.29) is 5.69 Å². The first-order valence-electron chi connectivity index (χ1n) is 8.88. The molecule has 9 heteroatoms. The highest BCUT2D eigenvalue weighted by Crippen LogP contribution is 2.26. The Hall–Kier alpha value is -3.04. The van der Waals surface area contributed by atoms with Crippen molar-refractivity contribution in [2.75, 3.05) is 31.2 Å². The largest absolute Gasteiger partial charge is 0.378 e. The van der Waals surface area contributed by atoms with Gasteiger partial charge in [0.2, 0.25) is 0 Å². The summed E-state index contributed by atoms with van der Waals surface area (Å²) >= 11 is 1.30. The van der Waals surface area contributed by atoms with Crippen LogP contribution in [0.25, 0.3) is 10.9 Å². The number of ether oxygens (including phenoxy) is 1. The van der Waals surface area contributed by atoms with Crippen molar-refractivity contribution in [3.05, 3.63) is 52.7 Å². The second-order valence-corrected chi connectivity index (χ2v) is 7.29. The normalized spacial score (nSPS) is 14.1. The fraction of sp³-hybridized carbons (Fsp3) is 0.263. The van der Waals surface area contributed by atoms with Crippen LogP contribution in [-0.2, 0) is 4.74 Å². The number of fused-ring (bicyclic) bond motifs is 1. The quantitative estimate of drug-likeness (QED) is 0.656. The molecule has 1 saturated heterocycles. The molecule has 8 nitrogen and oxygen atoms in total. The van der Waals surface area contributed by atoms with Gasteiger partial charge in [-0.25, -0.2) is 9.97 Å². The van der Waals surface area contributed by atoms with Gasteiger partial charge < -0.3 is 9.64 Å². The van der Waals surface area contributed by atoms with Crippen molar-refractivity contribution in [2.45, 2.75) is 6.92 Å². The number of aryl methyl sites for hydroxylation is 1. The molecule has 0 aliphatic carbocycles. The van der Waals surface area contributed by atoms with Crippen molar-refractivity contribution in [2.24, 2.45) is 0 Å². The number of aromatic nitrogens is 2. The number of hydrazine groups is 1. The highest BCUT2D eigenvalue weighted by atomic mass is 32.1. The van der Waals surface area contributed by atoms with Crippen molar-refractivity contribution in [1.29, 1.82) is 0 Å². The van der Waals surface area contributed by atoms with Gasteiger partial charge in [-0.2, -0.15) is 0 Å². The molecule has 2 aromatic heterocycles. The van der Waals surface area contributed by atoms with Crippen LogP contribution in [0.15, 0.2) is 36.4 Å². The van der Waals surface area contributed by atoms with Gasteiger partial charge in [-0.15, -0.1) is 0 Å². The van der Waals surface area contributed by atoms with E-state index in [0.29, 0.717) is 23.8 Å². The molecular formula is C19H19N5O3S. The van der Waals surface area contributed by atoms with E-state index in [4.69, 9.17) is 4.74 Å². The third-order valence-corrected chi connectivity index (χ3v) is 5.61. The first kappa shape index (κ1) is 18.3. The number of rotatable bonds is 3. The maximum absolute atomic E-state index is 12.5. The van der Waals surface area contributed by atoms with Gasteiger partial charge >= 0.3 is 0 Å². The van der Waals surface area contributed by atoms with Crippen LogP contribution in [0.5, 0.6) is 0 Å². The molecule has 0 saturated carbocycles. The number of hydrogen-bond acceptors (Lipinski definition) is 7. The molecule has 2 N–H and O–H groups in total. The summed E-state index contributed by atoms with van der Waals surface area (Å²) in [6.45, 7) is 4.57. The molecule has 1 fully saturated rings. The topological polar surface area (TPSA) is 96.5 Å². The van der Waals surface area contributed by atoms with Gasteiger partial charge in [0.1, 0.15) is 10.6 Å². The molecule has 0 spiro atoms. The number of carbonyl (C=O) groups excluding carboxylic acids is 2. The lowest BCUT2D eigenvalue weighted by Gasteiger charge is -2.25. The molecule has 2 amide bonds. The Bertz CT molecular complexity index is 1030. The van der Waals surface area contributed by atoms with Crippen molar-refractivity contribution >= 4 is 39.2 Å². The minimum Gasteiger partial charge on any atom is -0.378 e. The Morgan fingerprint density at radius 1 is 1.04 bits per heavy atom. The molecule has 0 atom stereocenters. The molecule has 0 bridgehead atoms. The lowest BCUT2D eigenvalue weighted by atomic mass is 10.2. The molecule has 28 heavy (non-hydrogen) atoms. The number of morpholine rings is 1. The van der Waals surface area contributed by atoms with E-state index in [0.717, 1.165) is 29.1 Å².